The van der Waals surface area contributed by atoms with Crippen molar-refractivity contribution in [1.29, 1.82) is 0 Å². The van der Waals surface area contributed by atoms with Crippen LogP contribution < -0.4 is 10.1 Å². The normalized spacial score (nSPS) is 10.1. The lowest BCUT2D eigenvalue weighted by atomic mass is 10.3. The monoisotopic (exact) mass is 255 g/mol. The number of carbonyl (C=O) groups excluding carboxylic acids is 1. The first-order valence-electron chi connectivity index (χ1n) is 5.86. The van der Waals surface area contributed by atoms with Gasteiger partial charge in [-0.25, -0.2) is 4.39 Å². The average Bonchev–Trinajstić information content (AvgIpc) is 2.37. The molecule has 1 amide bonds. The molecule has 0 aliphatic heterocycles. The summed E-state index contributed by atoms with van der Waals surface area (Å²) in [6.07, 6.45) is 1.03. The van der Waals surface area contributed by atoms with Crippen LogP contribution in [0.4, 0.5) is 4.39 Å². The number of amides is 1. The van der Waals surface area contributed by atoms with E-state index in [1.807, 2.05) is 0 Å². The summed E-state index contributed by atoms with van der Waals surface area (Å²) in [4.78, 5) is 11.3. The minimum atomic E-state index is -0.292. The van der Waals surface area contributed by atoms with Crippen molar-refractivity contribution in [1.82, 2.24) is 5.32 Å². The molecule has 0 unspecified atom stereocenters. The van der Waals surface area contributed by atoms with Crippen LogP contribution in [-0.4, -0.2) is 32.8 Å². The molecule has 0 aromatic heterocycles. The summed E-state index contributed by atoms with van der Waals surface area (Å²) in [6, 6.07) is 5.81. The number of rotatable bonds is 8. The molecule has 1 N–H and O–H groups in total. The Bertz CT molecular complexity index is 354. The second kappa shape index (κ2) is 8.47. The SMILES string of the molecule is COCCNC(=O)CCCOc1ccc(F)cc1. The van der Waals surface area contributed by atoms with E-state index >= 15 is 0 Å². The molecule has 0 saturated carbocycles. The van der Waals surface area contributed by atoms with Gasteiger partial charge in [0, 0.05) is 20.1 Å². The number of methoxy groups -OCH3 is 1. The second-order valence-corrected chi connectivity index (χ2v) is 3.75. The molecule has 100 valence electrons. The predicted molar refractivity (Wildman–Crippen MR) is 66.0 cm³/mol. The molecule has 0 saturated heterocycles. The van der Waals surface area contributed by atoms with Crippen molar-refractivity contribution in [3.63, 3.8) is 0 Å². The van der Waals surface area contributed by atoms with Gasteiger partial charge in [-0.2, -0.15) is 0 Å². The van der Waals surface area contributed by atoms with Crippen LogP contribution in [0.25, 0.3) is 0 Å². The fraction of sp³-hybridized carbons (Fsp3) is 0.462. The number of halogens is 1. The summed E-state index contributed by atoms with van der Waals surface area (Å²) in [5.74, 6) is 0.297. The van der Waals surface area contributed by atoms with E-state index in [0.717, 1.165) is 0 Å². The van der Waals surface area contributed by atoms with Gasteiger partial charge in [-0.15, -0.1) is 0 Å². The maximum Gasteiger partial charge on any atom is 0.220 e. The summed E-state index contributed by atoms with van der Waals surface area (Å²) in [6.45, 7) is 1.47. The predicted octanol–water partition coefficient (Wildman–Crippen LogP) is 1.75. The molecule has 5 heteroatoms. The minimum absolute atomic E-state index is 0.0187. The van der Waals surface area contributed by atoms with Gasteiger partial charge >= 0.3 is 0 Å². The number of carbonyl (C=O) groups is 1. The van der Waals surface area contributed by atoms with Crippen molar-refractivity contribution in [2.24, 2.45) is 0 Å². The van der Waals surface area contributed by atoms with Crippen molar-refractivity contribution < 1.29 is 18.7 Å². The standard InChI is InChI=1S/C13H18FNO3/c1-17-10-8-15-13(16)3-2-9-18-12-6-4-11(14)5-7-12/h4-7H,2-3,8-10H2,1H3,(H,15,16). The largest absolute Gasteiger partial charge is 0.494 e. The minimum Gasteiger partial charge on any atom is -0.494 e. The summed E-state index contributed by atoms with van der Waals surface area (Å²) < 4.78 is 22.8. The van der Waals surface area contributed by atoms with Gasteiger partial charge in [0.2, 0.25) is 5.91 Å². The number of ether oxygens (including phenoxy) is 2. The first-order chi connectivity index (χ1) is 8.72. The summed E-state index contributed by atoms with van der Waals surface area (Å²) >= 11 is 0. The average molecular weight is 255 g/mol. The highest BCUT2D eigenvalue weighted by atomic mass is 19.1. The maximum atomic E-state index is 12.6. The molecular weight excluding hydrogens is 237 g/mol. The van der Waals surface area contributed by atoms with Crippen molar-refractivity contribution in [3.8, 4) is 5.75 Å². The Morgan fingerprint density at radius 3 is 2.67 bits per heavy atom. The van der Waals surface area contributed by atoms with Gasteiger partial charge in [-0.3, -0.25) is 4.79 Å². The zero-order valence-corrected chi connectivity index (χ0v) is 10.4. The van der Waals surface area contributed by atoms with E-state index in [2.05, 4.69) is 5.32 Å². The van der Waals surface area contributed by atoms with E-state index in [9.17, 15) is 9.18 Å². The molecule has 18 heavy (non-hydrogen) atoms. The van der Waals surface area contributed by atoms with Crippen LogP contribution in [0.5, 0.6) is 5.75 Å². The first kappa shape index (κ1) is 14.4. The second-order valence-electron chi connectivity index (χ2n) is 3.75. The van der Waals surface area contributed by atoms with Crippen LogP contribution >= 0.6 is 0 Å². The van der Waals surface area contributed by atoms with E-state index in [4.69, 9.17) is 9.47 Å². The Balaban J connectivity index is 2.07. The molecule has 1 rings (SSSR count). The third-order valence-electron chi connectivity index (χ3n) is 2.26. The van der Waals surface area contributed by atoms with Crippen LogP contribution in [0, 0.1) is 5.82 Å². The summed E-state index contributed by atoms with van der Waals surface area (Å²) in [5, 5.41) is 2.72. The smallest absolute Gasteiger partial charge is 0.220 e. The Hall–Kier alpha value is -1.62. The lowest BCUT2D eigenvalue weighted by Crippen LogP contribution is -2.26. The fourth-order valence-electron chi connectivity index (χ4n) is 1.33. The topological polar surface area (TPSA) is 47.6 Å². The van der Waals surface area contributed by atoms with E-state index in [0.29, 0.717) is 38.3 Å². The molecule has 0 atom stereocenters. The lowest BCUT2D eigenvalue weighted by Gasteiger charge is -2.06. The molecular formula is C13H18FNO3. The van der Waals surface area contributed by atoms with Gasteiger partial charge in [-0.1, -0.05) is 0 Å². The Morgan fingerprint density at radius 2 is 2.00 bits per heavy atom. The van der Waals surface area contributed by atoms with Crippen molar-refractivity contribution in [3.05, 3.63) is 30.1 Å². The van der Waals surface area contributed by atoms with Crippen LogP contribution in [0.3, 0.4) is 0 Å². The maximum absolute atomic E-state index is 12.6. The van der Waals surface area contributed by atoms with Crippen LogP contribution in [0.2, 0.25) is 0 Å². The quantitative estimate of drug-likeness (QED) is 0.720. The Morgan fingerprint density at radius 1 is 1.28 bits per heavy atom. The highest BCUT2D eigenvalue weighted by Gasteiger charge is 2.00. The van der Waals surface area contributed by atoms with Crippen LogP contribution in [0.1, 0.15) is 12.8 Å². The van der Waals surface area contributed by atoms with Crippen LogP contribution in [-0.2, 0) is 9.53 Å². The summed E-state index contributed by atoms with van der Waals surface area (Å²) in [5.41, 5.74) is 0. The molecule has 4 nitrogen and oxygen atoms in total. The van der Waals surface area contributed by atoms with Crippen molar-refractivity contribution in [2.75, 3.05) is 26.9 Å². The number of benzene rings is 1. The lowest BCUT2D eigenvalue weighted by molar-refractivity contribution is -0.121. The zero-order chi connectivity index (χ0) is 13.2. The van der Waals surface area contributed by atoms with Gasteiger partial charge in [-0.05, 0) is 30.7 Å². The molecule has 0 aliphatic rings. The fourth-order valence-corrected chi connectivity index (χ4v) is 1.33. The Kier molecular flexibility index (Phi) is 6.79. The summed E-state index contributed by atoms with van der Waals surface area (Å²) in [7, 11) is 1.59. The number of hydrogen-bond donors (Lipinski definition) is 1. The third-order valence-corrected chi connectivity index (χ3v) is 2.26. The molecule has 0 aliphatic carbocycles. The highest BCUT2D eigenvalue weighted by Crippen LogP contribution is 2.11. The van der Waals surface area contributed by atoms with Crippen molar-refractivity contribution >= 4 is 5.91 Å². The molecule has 0 spiro atoms. The van der Waals surface area contributed by atoms with Gasteiger partial charge in [0.1, 0.15) is 11.6 Å². The van der Waals surface area contributed by atoms with E-state index in [-0.39, 0.29) is 11.7 Å². The zero-order valence-electron chi connectivity index (χ0n) is 10.4. The molecule has 0 heterocycles. The van der Waals surface area contributed by atoms with Gasteiger partial charge in [0.15, 0.2) is 0 Å². The van der Waals surface area contributed by atoms with E-state index < -0.39 is 0 Å². The van der Waals surface area contributed by atoms with Crippen LogP contribution in [0.15, 0.2) is 24.3 Å². The third kappa shape index (κ3) is 6.20. The highest BCUT2D eigenvalue weighted by molar-refractivity contribution is 5.75. The number of nitrogens with one attached hydrogen (secondary N) is 1. The van der Waals surface area contributed by atoms with E-state index in [1.54, 1.807) is 19.2 Å². The van der Waals surface area contributed by atoms with Gasteiger partial charge in [0.05, 0.1) is 13.2 Å². The molecule has 0 radical (unpaired) electrons. The van der Waals surface area contributed by atoms with Gasteiger partial charge < -0.3 is 14.8 Å². The molecule has 1 aromatic carbocycles. The molecule has 0 fully saturated rings. The number of hydrogen-bond acceptors (Lipinski definition) is 3. The first-order valence-corrected chi connectivity index (χ1v) is 5.86. The molecule has 0 bridgehead atoms. The van der Waals surface area contributed by atoms with Crippen molar-refractivity contribution in [2.45, 2.75) is 12.8 Å². The molecule has 1 aromatic rings. The van der Waals surface area contributed by atoms with Gasteiger partial charge in [0.25, 0.3) is 0 Å². The Labute approximate surface area is 106 Å². The van der Waals surface area contributed by atoms with E-state index in [1.165, 1.54) is 12.1 Å².